The van der Waals surface area contributed by atoms with E-state index in [1.165, 1.54) is 72.6 Å². The summed E-state index contributed by atoms with van der Waals surface area (Å²) in [5.74, 6) is 1.73. The van der Waals surface area contributed by atoms with Gasteiger partial charge in [-0.2, -0.15) is 0 Å². The van der Waals surface area contributed by atoms with Crippen LogP contribution in [-0.4, -0.2) is 22.0 Å². The SMILES string of the molecule is CC(C)(C1CCCC1)P(c1ccccc1)c1ccccc1.CC(C)(C1CCCC1)P(c1ccccc1)c1ccccc1.CCO.[Fe]. The normalized spacial score (nSPS) is 15.5. The average molecular weight is 695 g/mol. The molecule has 0 amide bonds. The molecule has 6 rings (SSSR count). The molecule has 0 heterocycles. The van der Waals surface area contributed by atoms with Crippen molar-refractivity contribution in [1.29, 1.82) is 0 Å². The van der Waals surface area contributed by atoms with Gasteiger partial charge in [0.1, 0.15) is 0 Å². The van der Waals surface area contributed by atoms with Crippen LogP contribution < -0.4 is 21.2 Å². The maximum absolute atomic E-state index is 7.57. The van der Waals surface area contributed by atoms with Gasteiger partial charge in [-0.25, -0.2) is 0 Å². The zero-order valence-corrected chi connectivity index (χ0v) is 31.7. The van der Waals surface area contributed by atoms with Crippen molar-refractivity contribution in [3.8, 4) is 0 Å². The van der Waals surface area contributed by atoms with Crippen LogP contribution in [0, 0.1) is 11.8 Å². The van der Waals surface area contributed by atoms with Crippen LogP contribution in [0.25, 0.3) is 0 Å². The molecule has 46 heavy (non-hydrogen) atoms. The fourth-order valence-corrected chi connectivity index (χ4v) is 14.0. The first-order valence-corrected chi connectivity index (χ1v) is 19.9. The van der Waals surface area contributed by atoms with E-state index in [1.54, 1.807) is 6.92 Å². The monoisotopic (exact) mass is 694 g/mol. The van der Waals surface area contributed by atoms with Crippen molar-refractivity contribution in [2.24, 2.45) is 11.8 Å². The molecule has 0 atom stereocenters. The minimum atomic E-state index is -0.305. The van der Waals surface area contributed by atoms with E-state index in [0.29, 0.717) is 10.3 Å². The van der Waals surface area contributed by atoms with E-state index in [0.717, 1.165) is 11.8 Å². The molecule has 0 aliphatic heterocycles. The third-order valence-electron chi connectivity index (χ3n) is 9.92. The summed E-state index contributed by atoms with van der Waals surface area (Å²) in [5.41, 5.74) is 0. The molecule has 1 N–H and O–H groups in total. The van der Waals surface area contributed by atoms with Crippen molar-refractivity contribution in [2.75, 3.05) is 6.61 Å². The van der Waals surface area contributed by atoms with E-state index < -0.39 is 0 Å². The van der Waals surface area contributed by atoms with Crippen LogP contribution >= 0.6 is 15.8 Å². The van der Waals surface area contributed by atoms with Crippen LogP contribution in [0.1, 0.15) is 86.0 Å². The average Bonchev–Trinajstić information content (AvgIpc) is 3.81. The zero-order valence-electron chi connectivity index (χ0n) is 28.8. The van der Waals surface area contributed by atoms with Gasteiger partial charge in [0.15, 0.2) is 0 Å². The number of aliphatic hydroxyl groups is 1. The molecule has 248 valence electrons. The summed E-state index contributed by atoms with van der Waals surface area (Å²) >= 11 is 0. The van der Waals surface area contributed by atoms with Gasteiger partial charge in [0, 0.05) is 23.7 Å². The number of hydrogen-bond acceptors (Lipinski definition) is 1. The molecule has 0 saturated heterocycles. The molecule has 0 unspecified atom stereocenters. The summed E-state index contributed by atoms with van der Waals surface area (Å²) in [4.78, 5) is 0. The minimum absolute atomic E-state index is 0. The number of aliphatic hydroxyl groups excluding tert-OH is 1. The van der Waals surface area contributed by atoms with Crippen LogP contribution in [0.4, 0.5) is 0 Å². The molecule has 0 spiro atoms. The molecule has 2 aliphatic rings. The maximum Gasteiger partial charge on any atom is 0.0402 e. The molecular weight excluding hydrogens is 638 g/mol. The van der Waals surface area contributed by atoms with Crippen molar-refractivity contribution >= 4 is 37.1 Å². The first-order chi connectivity index (χ1) is 21.8. The minimum Gasteiger partial charge on any atom is -0.397 e. The van der Waals surface area contributed by atoms with Crippen molar-refractivity contribution < 1.29 is 22.2 Å². The molecule has 0 radical (unpaired) electrons. The topological polar surface area (TPSA) is 20.2 Å². The molecule has 0 aromatic heterocycles. The van der Waals surface area contributed by atoms with E-state index >= 15 is 0 Å². The van der Waals surface area contributed by atoms with Gasteiger partial charge >= 0.3 is 0 Å². The number of benzene rings is 4. The Morgan fingerprint density at radius 1 is 0.478 bits per heavy atom. The number of hydrogen-bond donors (Lipinski definition) is 1. The molecule has 2 fully saturated rings. The quantitative estimate of drug-likeness (QED) is 0.144. The van der Waals surface area contributed by atoms with Gasteiger partial charge in [0.25, 0.3) is 0 Å². The molecular formula is C42H56FeOP2. The Bertz CT molecular complexity index is 1160. The van der Waals surface area contributed by atoms with Gasteiger partial charge < -0.3 is 5.11 Å². The Morgan fingerprint density at radius 3 is 0.870 bits per heavy atom. The Morgan fingerprint density at radius 2 is 0.674 bits per heavy atom. The molecule has 1 nitrogen and oxygen atoms in total. The standard InChI is InChI=1S/2C20H25P.C2H6O.Fe/c2*1-20(2,17-11-9-10-12-17)21(18-13-5-3-6-14-18)19-15-7-4-8-16-19;1-2-3;/h2*3-8,13-17H,9-12H2,1-2H3;3H,2H2,1H3;. The summed E-state index contributed by atoms with van der Waals surface area (Å²) < 4.78 is 0. The summed E-state index contributed by atoms with van der Waals surface area (Å²) in [5, 5.41) is 14.4. The van der Waals surface area contributed by atoms with Crippen LogP contribution in [0.3, 0.4) is 0 Å². The fraction of sp³-hybridized carbons (Fsp3) is 0.429. The van der Waals surface area contributed by atoms with E-state index in [9.17, 15) is 0 Å². The van der Waals surface area contributed by atoms with Gasteiger partial charge in [-0.05, 0) is 91.8 Å². The van der Waals surface area contributed by atoms with E-state index in [4.69, 9.17) is 5.11 Å². The predicted molar refractivity (Wildman–Crippen MR) is 203 cm³/mol. The van der Waals surface area contributed by atoms with Crippen molar-refractivity contribution in [3.05, 3.63) is 121 Å². The third-order valence-corrected chi connectivity index (χ3v) is 16.2. The van der Waals surface area contributed by atoms with Gasteiger partial charge in [-0.1, -0.05) is 175 Å². The van der Waals surface area contributed by atoms with E-state index in [-0.39, 0.29) is 39.5 Å². The molecule has 2 aliphatic carbocycles. The first-order valence-electron chi connectivity index (χ1n) is 17.2. The van der Waals surface area contributed by atoms with Gasteiger partial charge in [0.05, 0.1) is 0 Å². The van der Waals surface area contributed by atoms with Gasteiger partial charge in [-0.3, -0.25) is 0 Å². The van der Waals surface area contributed by atoms with Crippen molar-refractivity contribution in [1.82, 2.24) is 0 Å². The summed E-state index contributed by atoms with van der Waals surface area (Å²) in [6, 6.07) is 44.7. The smallest absolute Gasteiger partial charge is 0.0402 e. The van der Waals surface area contributed by atoms with Crippen LogP contribution in [0.2, 0.25) is 0 Å². The Hall–Kier alpha value is -1.78. The largest absolute Gasteiger partial charge is 0.397 e. The van der Waals surface area contributed by atoms with Crippen LogP contribution in [0.5, 0.6) is 0 Å². The molecule has 4 heteroatoms. The number of rotatable bonds is 8. The molecule has 2 saturated carbocycles. The second kappa shape index (κ2) is 19.3. The van der Waals surface area contributed by atoms with E-state index in [2.05, 4.69) is 149 Å². The fourth-order valence-electron chi connectivity index (χ4n) is 7.57. The summed E-state index contributed by atoms with van der Waals surface area (Å²) in [7, 11) is -0.610. The Labute approximate surface area is 294 Å². The molecule has 4 aromatic carbocycles. The molecule has 0 bridgehead atoms. The molecule has 4 aromatic rings. The third kappa shape index (κ3) is 10.1. The predicted octanol–water partition coefficient (Wildman–Crippen LogP) is 10.2. The summed E-state index contributed by atoms with van der Waals surface area (Å²) in [6.45, 7) is 12.0. The van der Waals surface area contributed by atoms with Crippen LogP contribution in [-0.2, 0) is 17.1 Å². The first kappa shape index (κ1) is 38.7. The Balaban J connectivity index is 0.000000226. The second-order valence-corrected chi connectivity index (χ2v) is 19.3. The van der Waals surface area contributed by atoms with Gasteiger partial charge in [0.2, 0.25) is 0 Å². The van der Waals surface area contributed by atoms with Crippen LogP contribution in [0.15, 0.2) is 121 Å². The van der Waals surface area contributed by atoms with Gasteiger partial charge in [-0.15, -0.1) is 0 Å². The zero-order chi connectivity index (χ0) is 32.1. The Kier molecular flexibility index (Phi) is 16.2. The van der Waals surface area contributed by atoms with Crippen molar-refractivity contribution in [2.45, 2.75) is 96.3 Å². The second-order valence-electron chi connectivity index (χ2n) is 13.6. The van der Waals surface area contributed by atoms with Crippen molar-refractivity contribution in [3.63, 3.8) is 0 Å². The summed E-state index contributed by atoms with van der Waals surface area (Å²) in [6.07, 6.45) is 11.3. The maximum atomic E-state index is 7.57. The van der Waals surface area contributed by atoms with E-state index in [1.807, 2.05) is 0 Å².